The molecule has 1 heterocycles. The lowest BCUT2D eigenvalue weighted by molar-refractivity contribution is -0.147. The van der Waals surface area contributed by atoms with Gasteiger partial charge in [0, 0.05) is 24.2 Å². The van der Waals surface area contributed by atoms with Gasteiger partial charge in [-0.3, -0.25) is 14.4 Å². The highest BCUT2D eigenvalue weighted by atomic mass is 16.5. The Balaban J connectivity index is 1.57. The minimum atomic E-state index is -0.675. The summed E-state index contributed by atoms with van der Waals surface area (Å²) in [6, 6.07) is 13.0. The number of hydrogen-bond donors (Lipinski definition) is 0. The lowest BCUT2D eigenvalue weighted by atomic mass is 10.1. The number of rotatable bonds is 8. The van der Waals surface area contributed by atoms with Crippen LogP contribution in [0.2, 0.25) is 0 Å². The van der Waals surface area contributed by atoms with Crippen molar-refractivity contribution in [3.05, 3.63) is 59.7 Å². The van der Waals surface area contributed by atoms with Gasteiger partial charge in [0.2, 0.25) is 5.91 Å². The van der Waals surface area contributed by atoms with Gasteiger partial charge in [-0.05, 0) is 50.2 Å². The van der Waals surface area contributed by atoms with E-state index in [2.05, 4.69) is 0 Å². The van der Waals surface area contributed by atoms with Crippen molar-refractivity contribution in [2.24, 2.45) is 5.92 Å². The van der Waals surface area contributed by atoms with E-state index in [9.17, 15) is 19.2 Å². The summed E-state index contributed by atoms with van der Waals surface area (Å²) in [6.07, 6.45) is -0.242. The van der Waals surface area contributed by atoms with Crippen LogP contribution in [0.25, 0.3) is 0 Å². The summed E-state index contributed by atoms with van der Waals surface area (Å²) in [7, 11) is 1.50. The van der Waals surface area contributed by atoms with E-state index in [1.54, 1.807) is 62.4 Å². The fourth-order valence-corrected chi connectivity index (χ4v) is 3.31. The van der Waals surface area contributed by atoms with Crippen LogP contribution >= 0.6 is 0 Å². The number of Topliss-reactive ketones (excluding diaryl/α,β-unsaturated/α-hetero) is 1. The second-order valence-electron chi connectivity index (χ2n) is 7.67. The highest BCUT2D eigenvalue weighted by Gasteiger charge is 2.36. The molecule has 1 saturated heterocycles. The summed E-state index contributed by atoms with van der Waals surface area (Å²) in [4.78, 5) is 50.6. The standard InChI is InChI=1S/C24H25NO7/c1-15(2)32-24(29)16-7-9-19(10-8-16)25-13-18(12-22(25)27)23(28)31-14-21(26)17-5-4-6-20(11-17)30-3/h4-11,15,18H,12-14H2,1-3H3/t18-/m0/s1. The number of methoxy groups -OCH3 is 1. The van der Waals surface area contributed by atoms with Crippen LogP contribution in [0, 0.1) is 5.92 Å². The maximum absolute atomic E-state index is 12.4. The molecule has 0 N–H and O–H groups in total. The molecule has 0 aliphatic carbocycles. The molecule has 8 nitrogen and oxygen atoms in total. The van der Waals surface area contributed by atoms with E-state index < -0.39 is 24.5 Å². The van der Waals surface area contributed by atoms with E-state index in [4.69, 9.17) is 14.2 Å². The Morgan fingerprint density at radius 1 is 1.06 bits per heavy atom. The molecule has 1 aliphatic rings. The molecule has 0 saturated carbocycles. The molecule has 8 heteroatoms. The fraction of sp³-hybridized carbons (Fsp3) is 0.333. The molecule has 2 aromatic carbocycles. The third-order valence-corrected chi connectivity index (χ3v) is 4.95. The molecule has 32 heavy (non-hydrogen) atoms. The normalized spacial score (nSPS) is 15.6. The maximum Gasteiger partial charge on any atom is 0.338 e. The van der Waals surface area contributed by atoms with Crippen molar-refractivity contribution in [3.8, 4) is 5.75 Å². The summed E-state index contributed by atoms with van der Waals surface area (Å²) in [5, 5.41) is 0. The molecule has 0 unspecified atom stereocenters. The van der Waals surface area contributed by atoms with Crippen LogP contribution in [-0.4, -0.2) is 50.0 Å². The van der Waals surface area contributed by atoms with Gasteiger partial charge in [-0.1, -0.05) is 12.1 Å². The first-order chi connectivity index (χ1) is 15.3. The quantitative estimate of drug-likeness (QED) is 0.460. The molecule has 2 aromatic rings. The molecule has 1 aliphatic heterocycles. The van der Waals surface area contributed by atoms with E-state index in [1.165, 1.54) is 12.0 Å². The van der Waals surface area contributed by atoms with Gasteiger partial charge >= 0.3 is 11.9 Å². The van der Waals surface area contributed by atoms with E-state index in [0.29, 0.717) is 22.6 Å². The van der Waals surface area contributed by atoms with Crippen molar-refractivity contribution < 1.29 is 33.4 Å². The van der Waals surface area contributed by atoms with Crippen LogP contribution in [0.5, 0.6) is 5.75 Å². The van der Waals surface area contributed by atoms with Crippen molar-refractivity contribution in [1.29, 1.82) is 0 Å². The van der Waals surface area contributed by atoms with E-state index in [1.807, 2.05) is 0 Å². The first-order valence-electron chi connectivity index (χ1n) is 10.2. The third kappa shape index (κ3) is 5.51. The second kappa shape index (κ2) is 10.1. The molecule has 168 valence electrons. The monoisotopic (exact) mass is 439 g/mol. The van der Waals surface area contributed by atoms with E-state index in [0.717, 1.165) is 0 Å². The van der Waals surface area contributed by atoms with Crippen LogP contribution in [0.4, 0.5) is 5.69 Å². The predicted octanol–water partition coefficient (Wildman–Crippen LogP) is 3.04. The lowest BCUT2D eigenvalue weighted by Gasteiger charge is -2.17. The van der Waals surface area contributed by atoms with Gasteiger partial charge < -0.3 is 19.1 Å². The number of esters is 2. The zero-order valence-corrected chi connectivity index (χ0v) is 18.2. The van der Waals surface area contributed by atoms with Gasteiger partial charge in [-0.15, -0.1) is 0 Å². The second-order valence-corrected chi connectivity index (χ2v) is 7.67. The maximum atomic E-state index is 12.4. The summed E-state index contributed by atoms with van der Waals surface area (Å²) in [6.45, 7) is 3.25. The molecule has 1 atom stereocenters. The lowest BCUT2D eigenvalue weighted by Crippen LogP contribution is -2.27. The third-order valence-electron chi connectivity index (χ3n) is 4.95. The number of nitrogens with zero attached hydrogens (tertiary/aromatic N) is 1. The molecule has 1 amide bonds. The zero-order chi connectivity index (χ0) is 23.3. The Morgan fingerprint density at radius 3 is 2.44 bits per heavy atom. The Labute approximate surface area is 186 Å². The first kappa shape index (κ1) is 23.0. The van der Waals surface area contributed by atoms with Crippen molar-refractivity contribution in [2.45, 2.75) is 26.4 Å². The van der Waals surface area contributed by atoms with Gasteiger partial charge in [0.25, 0.3) is 0 Å². The molecule has 3 rings (SSSR count). The van der Waals surface area contributed by atoms with Crippen LogP contribution in [0.15, 0.2) is 48.5 Å². The molecule has 0 bridgehead atoms. The highest BCUT2D eigenvalue weighted by molar-refractivity contribution is 6.01. The number of ether oxygens (including phenoxy) is 3. The van der Waals surface area contributed by atoms with Crippen molar-refractivity contribution in [2.75, 3.05) is 25.2 Å². The van der Waals surface area contributed by atoms with Gasteiger partial charge in [0.05, 0.1) is 24.7 Å². The van der Waals surface area contributed by atoms with Crippen LogP contribution in [-0.2, 0) is 19.1 Å². The van der Waals surface area contributed by atoms with Crippen molar-refractivity contribution in [3.63, 3.8) is 0 Å². The van der Waals surface area contributed by atoms with Crippen LogP contribution in [0.3, 0.4) is 0 Å². The molecular formula is C24H25NO7. The SMILES string of the molecule is COc1cccc(C(=O)COC(=O)[C@H]2CC(=O)N(c3ccc(C(=O)OC(C)C)cc3)C2)c1. The molecule has 1 fully saturated rings. The van der Waals surface area contributed by atoms with E-state index >= 15 is 0 Å². The summed E-state index contributed by atoms with van der Waals surface area (Å²) in [5.41, 5.74) is 1.32. The average molecular weight is 439 g/mol. The van der Waals surface area contributed by atoms with E-state index in [-0.39, 0.29) is 30.8 Å². The summed E-state index contributed by atoms with van der Waals surface area (Å²) in [5.74, 6) is -1.78. The van der Waals surface area contributed by atoms with Gasteiger partial charge in [0.15, 0.2) is 12.4 Å². The number of benzene rings is 2. The molecule has 0 radical (unpaired) electrons. The smallest absolute Gasteiger partial charge is 0.338 e. The topological polar surface area (TPSA) is 99.2 Å². The molecular weight excluding hydrogens is 414 g/mol. The van der Waals surface area contributed by atoms with Gasteiger partial charge in [-0.25, -0.2) is 4.79 Å². The Morgan fingerprint density at radius 2 is 1.78 bits per heavy atom. The zero-order valence-electron chi connectivity index (χ0n) is 18.2. The van der Waals surface area contributed by atoms with Crippen molar-refractivity contribution in [1.82, 2.24) is 0 Å². The number of anilines is 1. The molecule has 0 spiro atoms. The number of amides is 1. The average Bonchev–Trinajstić information content (AvgIpc) is 3.18. The van der Waals surface area contributed by atoms with Crippen LogP contribution < -0.4 is 9.64 Å². The molecule has 0 aromatic heterocycles. The Bertz CT molecular complexity index is 1010. The van der Waals surface area contributed by atoms with Gasteiger partial charge in [-0.2, -0.15) is 0 Å². The number of carbonyl (C=O) groups is 4. The number of hydrogen-bond acceptors (Lipinski definition) is 7. The highest BCUT2D eigenvalue weighted by Crippen LogP contribution is 2.26. The first-order valence-corrected chi connectivity index (χ1v) is 10.2. The number of carbonyl (C=O) groups excluding carboxylic acids is 4. The minimum Gasteiger partial charge on any atom is -0.497 e. The fourth-order valence-electron chi connectivity index (χ4n) is 3.31. The Kier molecular flexibility index (Phi) is 7.25. The van der Waals surface area contributed by atoms with Gasteiger partial charge in [0.1, 0.15) is 5.75 Å². The minimum absolute atomic E-state index is 0.0106. The Hall–Kier alpha value is -3.68. The largest absolute Gasteiger partial charge is 0.497 e. The van der Waals surface area contributed by atoms with Crippen LogP contribution in [0.1, 0.15) is 41.0 Å². The predicted molar refractivity (Wildman–Crippen MR) is 116 cm³/mol. The number of ketones is 1. The summed E-state index contributed by atoms with van der Waals surface area (Å²) >= 11 is 0. The summed E-state index contributed by atoms with van der Waals surface area (Å²) < 4.78 is 15.4. The van der Waals surface area contributed by atoms with Crippen molar-refractivity contribution >= 4 is 29.3 Å².